The lowest BCUT2D eigenvalue weighted by molar-refractivity contribution is -0.149. The van der Waals surface area contributed by atoms with Crippen molar-refractivity contribution in [3.63, 3.8) is 0 Å². The van der Waals surface area contributed by atoms with Gasteiger partial charge in [0.15, 0.2) is 0 Å². The number of carbonyl (C=O) groups excluding carboxylic acids is 2. The number of carboxylic acids is 1. The lowest BCUT2D eigenvalue weighted by Crippen LogP contribution is -2.57. The second-order valence-corrected chi connectivity index (χ2v) is 6.23. The summed E-state index contributed by atoms with van der Waals surface area (Å²) in [5, 5.41) is 15.1. The highest BCUT2D eigenvalue weighted by Gasteiger charge is 2.38. The van der Waals surface area contributed by atoms with Crippen LogP contribution in [-0.2, 0) is 14.4 Å². The zero-order chi connectivity index (χ0) is 16.8. The molecule has 8 nitrogen and oxygen atoms in total. The molecule has 2 aliphatic rings. The maximum Gasteiger partial charge on any atom is 0.326 e. The standard InChI is InChI=1S/C15H26N4O4/c16-6-2-1-4-11(18-13(20)10-8-17-9-10)14(21)19-7-3-5-12(19)15(22)23/h10-12,17H,1-9,16H2,(H,18,20)(H,22,23)/t11-,12-/m0/s1. The summed E-state index contributed by atoms with van der Waals surface area (Å²) in [5.41, 5.74) is 5.49. The minimum atomic E-state index is -0.980. The molecule has 2 atom stereocenters. The lowest BCUT2D eigenvalue weighted by Gasteiger charge is -2.31. The van der Waals surface area contributed by atoms with E-state index in [4.69, 9.17) is 5.73 Å². The molecule has 0 aliphatic carbocycles. The molecule has 0 radical (unpaired) electrons. The van der Waals surface area contributed by atoms with Crippen molar-refractivity contribution in [2.45, 2.75) is 44.2 Å². The van der Waals surface area contributed by atoms with Crippen LogP contribution in [0.15, 0.2) is 0 Å². The Labute approximate surface area is 135 Å². The number of hydrogen-bond donors (Lipinski definition) is 4. The summed E-state index contributed by atoms with van der Waals surface area (Å²) >= 11 is 0. The van der Waals surface area contributed by atoms with E-state index < -0.39 is 18.1 Å². The Morgan fingerprint density at radius 1 is 1.30 bits per heavy atom. The van der Waals surface area contributed by atoms with E-state index in [1.807, 2.05) is 0 Å². The maximum absolute atomic E-state index is 12.7. The highest BCUT2D eigenvalue weighted by atomic mass is 16.4. The van der Waals surface area contributed by atoms with E-state index in [0.29, 0.717) is 45.4 Å². The van der Waals surface area contributed by atoms with Crippen LogP contribution < -0.4 is 16.4 Å². The largest absolute Gasteiger partial charge is 0.480 e. The molecule has 2 amide bonds. The predicted molar refractivity (Wildman–Crippen MR) is 83.6 cm³/mol. The summed E-state index contributed by atoms with van der Waals surface area (Å²) in [6.45, 7) is 2.21. The van der Waals surface area contributed by atoms with Gasteiger partial charge >= 0.3 is 5.97 Å². The first kappa shape index (κ1) is 17.7. The van der Waals surface area contributed by atoms with Gasteiger partial charge in [-0.25, -0.2) is 4.79 Å². The van der Waals surface area contributed by atoms with E-state index in [1.165, 1.54) is 4.90 Å². The van der Waals surface area contributed by atoms with Gasteiger partial charge in [-0.3, -0.25) is 9.59 Å². The van der Waals surface area contributed by atoms with Gasteiger partial charge in [0.05, 0.1) is 5.92 Å². The van der Waals surface area contributed by atoms with E-state index >= 15 is 0 Å². The lowest BCUT2D eigenvalue weighted by atomic mass is 10.0. The van der Waals surface area contributed by atoms with Crippen LogP contribution in [0.4, 0.5) is 0 Å². The topological polar surface area (TPSA) is 125 Å². The molecule has 0 spiro atoms. The maximum atomic E-state index is 12.7. The number of nitrogens with one attached hydrogen (secondary N) is 2. The Hall–Kier alpha value is -1.67. The minimum Gasteiger partial charge on any atom is -0.480 e. The zero-order valence-corrected chi connectivity index (χ0v) is 13.3. The van der Waals surface area contributed by atoms with Crippen LogP contribution in [0, 0.1) is 5.92 Å². The summed E-state index contributed by atoms with van der Waals surface area (Å²) in [5.74, 6) is -1.51. The highest BCUT2D eigenvalue weighted by Crippen LogP contribution is 2.20. The number of aliphatic carboxylic acids is 1. The van der Waals surface area contributed by atoms with Gasteiger partial charge in [-0.05, 0) is 38.6 Å². The van der Waals surface area contributed by atoms with Gasteiger partial charge < -0.3 is 26.4 Å². The number of nitrogens with zero attached hydrogens (tertiary/aromatic N) is 1. The van der Waals surface area contributed by atoms with E-state index in [0.717, 1.165) is 12.8 Å². The molecule has 5 N–H and O–H groups in total. The third-order valence-corrected chi connectivity index (χ3v) is 4.53. The van der Waals surface area contributed by atoms with Crippen LogP contribution >= 0.6 is 0 Å². The molecule has 2 saturated heterocycles. The van der Waals surface area contributed by atoms with Crippen molar-refractivity contribution in [3.8, 4) is 0 Å². The third-order valence-electron chi connectivity index (χ3n) is 4.53. The van der Waals surface area contributed by atoms with Gasteiger partial charge in [-0.2, -0.15) is 0 Å². The van der Waals surface area contributed by atoms with Crippen molar-refractivity contribution < 1.29 is 19.5 Å². The third kappa shape index (κ3) is 4.42. The van der Waals surface area contributed by atoms with Gasteiger partial charge in [-0.15, -0.1) is 0 Å². The molecule has 0 aromatic carbocycles. The van der Waals surface area contributed by atoms with Crippen molar-refractivity contribution in [2.75, 3.05) is 26.2 Å². The fourth-order valence-electron chi connectivity index (χ4n) is 3.00. The summed E-state index contributed by atoms with van der Waals surface area (Å²) in [6, 6.07) is -1.43. The first-order valence-electron chi connectivity index (χ1n) is 8.29. The number of rotatable bonds is 8. The Balaban J connectivity index is 2.00. The average Bonchev–Trinajstić information content (AvgIpc) is 2.93. The van der Waals surface area contributed by atoms with Crippen LogP contribution in [0.5, 0.6) is 0 Å². The molecule has 8 heteroatoms. The zero-order valence-electron chi connectivity index (χ0n) is 13.3. The van der Waals surface area contributed by atoms with Crippen molar-refractivity contribution >= 4 is 17.8 Å². The fraction of sp³-hybridized carbons (Fsp3) is 0.800. The smallest absolute Gasteiger partial charge is 0.326 e. The van der Waals surface area contributed by atoms with Crippen LogP contribution in [0.3, 0.4) is 0 Å². The molecular formula is C15H26N4O4. The number of carboxylic acid groups (broad SMARTS) is 1. The SMILES string of the molecule is NCCCC[C@H](NC(=O)C1CNC1)C(=O)N1CCC[C@H]1C(=O)O. The fourth-order valence-corrected chi connectivity index (χ4v) is 3.00. The Morgan fingerprint density at radius 2 is 2.04 bits per heavy atom. The summed E-state index contributed by atoms with van der Waals surface area (Å²) in [4.78, 5) is 37.5. The number of hydrogen-bond acceptors (Lipinski definition) is 5. The first-order chi connectivity index (χ1) is 11.0. The molecule has 0 aromatic rings. The molecule has 0 saturated carbocycles. The van der Waals surface area contributed by atoms with Crippen LogP contribution in [0.2, 0.25) is 0 Å². The second kappa shape index (κ2) is 8.26. The molecule has 2 heterocycles. The van der Waals surface area contributed by atoms with Crippen LogP contribution in [0.25, 0.3) is 0 Å². The summed E-state index contributed by atoms with van der Waals surface area (Å²) in [7, 11) is 0. The van der Waals surface area contributed by atoms with Crippen molar-refractivity contribution in [2.24, 2.45) is 11.7 Å². The van der Waals surface area contributed by atoms with Crippen LogP contribution in [0.1, 0.15) is 32.1 Å². The van der Waals surface area contributed by atoms with Gasteiger partial charge in [0.25, 0.3) is 0 Å². The number of carbonyl (C=O) groups is 3. The molecule has 0 unspecified atom stereocenters. The Morgan fingerprint density at radius 3 is 2.61 bits per heavy atom. The number of nitrogens with two attached hydrogens (primary N) is 1. The van der Waals surface area contributed by atoms with Crippen molar-refractivity contribution in [1.82, 2.24) is 15.5 Å². The van der Waals surface area contributed by atoms with E-state index in [-0.39, 0.29) is 17.7 Å². The summed E-state index contributed by atoms with van der Waals surface area (Å²) in [6.07, 6.45) is 3.13. The highest BCUT2D eigenvalue weighted by molar-refractivity contribution is 5.91. The summed E-state index contributed by atoms with van der Waals surface area (Å²) < 4.78 is 0. The monoisotopic (exact) mass is 326 g/mol. The van der Waals surface area contributed by atoms with Gasteiger partial charge in [0, 0.05) is 19.6 Å². The van der Waals surface area contributed by atoms with Gasteiger partial charge in [-0.1, -0.05) is 0 Å². The quantitative estimate of drug-likeness (QED) is 0.419. The van der Waals surface area contributed by atoms with E-state index in [2.05, 4.69) is 10.6 Å². The average molecular weight is 326 g/mol. The molecule has 2 rings (SSSR count). The van der Waals surface area contributed by atoms with Gasteiger partial charge in [0.1, 0.15) is 12.1 Å². The molecule has 2 aliphatic heterocycles. The van der Waals surface area contributed by atoms with E-state index in [1.54, 1.807) is 0 Å². The number of unbranched alkanes of at least 4 members (excludes halogenated alkanes) is 1. The Kier molecular flexibility index (Phi) is 6.35. The molecule has 0 aromatic heterocycles. The Bertz CT molecular complexity index is 453. The molecule has 130 valence electrons. The minimum absolute atomic E-state index is 0.103. The predicted octanol–water partition coefficient (Wildman–Crippen LogP) is -1.10. The molecule has 2 fully saturated rings. The molecule has 23 heavy (non-hydrogen) atoms. The normalized spacial score (nSPS) is 22.5. The van der Waals surface area contributed by atoms with Crippen molar-refractivity contribution in [3.05, 3.63) is 0 Å². The van der Waals surface area contributed by atoms with Crippen molar-refractivity contribution in [1.29, 1.82) is 0 Å². The van der Waals surface area contributed by atoms with Gasteiger partial charge in [0.2, 0.25) is 11.8 Å². The second-order valence-electron chi connectivity index (χ2n) is 6.23. The van der Waals surface area contributed by atoms with E-state index in [9.17, 15) is 19.5 Å². The van der Waals surface area contributed by atoms with Crippen LogP contribution in [-0.4, -0.2) is 66.1 Å². The number of amides is 2. The molecule has 0 bridgehead atoms. The number of likely N-dealkylation sites (tertiary alicyclic amines) is 1. The first-order valence-corrected chi connectivity index (χ1v) is 8.29. The molecular weight excluding hydrogens is 300 g/mol.